The zero-order chi connectivity index (χ0) is 0. The summed E-state index contributed by atoms with van der Waals surface area (Å²) in [5.74, 6) is 0. The molecule has 4 heavy (non-hydrogen) atoms. The minimum absolute atomic E-state index is 0. The molecule has 0 aliphatic carbocycles. The first-order valence-electron chi connectivity index (χ1n) is 0. The van der Waals surface area contributed by atoms with Gasteiger partial charge in [-0.05, 0) is 11.0 Å². The van der Waals surface area contributed by atoms with Crippen molar-refractivity contribution in [1.29, 1.82) is 0 Å². The Balaban J connectivity index is 0. The van der Waals surface area contributed by atoms with Gasteiger partial charge in [-0.3, -0.25) is 0 Å². The van der Waals surface area contributed by atoms with Gasteiger partial charge in [0.15, 0.2) is 0 Å². The largest absolute Gasteiger partial charge is 0 e. The Morgan fingerprint density at radius 2 is 1.00 bits per heavy atom. The molecule has 0 saturated carbocycles. The van der Waals surface area contributed by atoms with Gasteiger partial charge in [0.25, 0.3) is 0 Å². The molecule has 0 amide bonds. The normalized spacial score (nSPS) is 0. The summed E-state index contributed by atoms with van der Waals surface area (Å²) in [6.07, 6.45) is 0. The van der Waals surface area contributed by atoms with Gasteiger partial charge in [0.1, 0.15) is 0 Å². The van der Waals surface area contributed by atoms with Crippen molar-refractivity contribution < 1.29 is 21.7 Å². The predicted octanol–water partition coefficient (Wildman–Crippen LogP) is -3.55. The van der Waals surface area contributed by atoms with Crippen molar-refractivity contribution in [1.82, 2.24) is 0 Å². The first-order chi connectivity index (χ1) is 0. The van der Waals surface area contributed by atoms with Crippen LogP contribution in [0.2, 0.25) is 0 Å². The van der Waals surface area contributed by atoms with Gasteiger partial charge in [-0.15, -0.1) is 0 Å². The third-order valence-electron chi connectivity index (χ3n) is 0. The minimum atomic E-state index is 0. The van der Waals surface area contributed by atoms with E-state index in [2.05, 4.69) is 0 Å². The van der Waals surface area contributed by atoms with Crippen LogP contribution in [-0.4, -0.2) is 59.3 Å². The standard InChI is InChI=1S/Sb.H4Si.Sn.Ti.5H/h;1H4;;;;;;;. The Morgan fingerprint density at radius 3 is 1.00 bits per heavy atom. The average Bonchev–Trinajstić information content (AvgIpc) is 0. The molecule has 0 aromatic rings. The monoisotopic (exact) mass is 326 g/mol. The van der Waals surface area contributed by atoms with E-state index < -0.39 is 0 Å². The molecule has 0 spiro atoms. The van der Waals surface area contributed by atoms with Gasteiger partial charge < -0.3 is 0 Å². The van der Waals surface area contributed by atoms with Crippen LogP contribution in [-0.2, 0) is 21.7 Å². The summed E-state index contributed by atoms with van der Waals surface area (Å²) in [5.41, 5.74) is 0. The Bertz CT molecular complexity index is 8.00. The summed E-state index contributed by atoms with van der Waals surface area (Å²) in [7, 11) is 0. The van der Waals surface area contributed by atoms with E-state index in [1.807, 2.05) is 0 Å². The topological polar surface area (TPSA) is 0 Å². The van der Waals surface area contributed by atoms with Crippen LogP contribution in [0.4, 0.5) is 0 Å². The SMILES string of the molecule is [SbH3].[SiH4].[SnH2].[Ti]. The Hall–Kier alpha value is 2.55. The third-order valence-corrected chi connectivity index (χ3v) is 0. The first-order valence-corrected chi connectivity index (χ1v) is 0. The van der Waals surface area contributed by atoms with Crippen molar-refractivity contribution in [3.05, 3.63) is 0 Å². The van der Waals surface area contributed by atoms with Crippen molar-refractivity contribution in [3.8, 4) is 0 Å². The molecule has 0 rings (SSSR count). The Morgan fingerprint density at radius 1 is 1.00 bits per heavy atom. The van der Waals surface area contributed by atoms with E-state index in [-0.39, 0.29) is 81.0 Å². The van der Waals surface area contributed by atoms with E-state index >= 15 is 0 Å². The molecular formula is H9SbSiSnTi. The molecule has 0 aromatic carbocycles. The van der Waals surface area contributed by atoms with Crippen molar-refractivity contribution in [2.75, 3.05) is 0 Å². The number of hydrogen-bond donors (Lipinski definition) is 0. The fourth-order valence-electron chi connectivity index (χ4n) is 0. The molecule has 0 bridgehead atoms. The molecule has 0 aromatic heterocycles. The molecule has 26 valence electrons. The smallest absolute Gasteiger partial charge is 0 e. The second-order valence-electron chi connectivity index (χ2n) is 0. The zero-order valence-corrected chi connectivity index (χ0v) is 11.5. The second kappa shape index (κ2) is 17.7. The molecule has 0 N–H and O–H groups in total. The van der Waals surface area contributed by atoms with Crippen molar-refractivity contribution >= 4 is 59.3 Å². The van der Waals surface area contributed by atoms with Crippen LogP contribution in [0.3, 0.4) is 0 Å². The molecular weight excluding hydrogens is 316 g/mol. The van der Waals surface area contributed by atoms with Gasteiger partial charge in [-0.25, -0.2) is 0 Å². The maximum atomic E-state index is 0. The zero-order valence-electron chi connectivity index (χ0n) is 1.91. The summed E-state index contributed by atoms with van der Waals surface area (Å²) < 4.78 is 0. The van der Waals surface area contributed by atoms with E-state index in [1.165, 1.54) is 0 Å². The number of hydrogen-bond acceptors (Lipinski definition) is 0. The van der Waals surface area contributed by atoms with Crippen molar-refractivity contribution in [3.63, 3.8) is 0 Å². The predicted molar refractivity (Wildman–Crippen MR) is 29.8 cm³/mol. The maximum Gasteiger partial charge on any atom is 0 e. The van der Waals surface area contributed by atoms with E-state index in [0.29, 0.717) is 0 Å². The molecule has 0 saturated heterocycles. The van der Waals surface area contributed by atoms with E-state index in [1.54, 1.807) is 0 Å². The summed E-state index contributed by atoms with van der Waals surface area (Å²) >= 11 is 0. The van der Waals surface area contributed by atoms with Gasteiger partial charge in [0.05, 0.1) is 0 Å². The van der Waals surface area contributed by atoms with Crippen LogP contribution in [0, 0.1) is 0 Å². The second-order valence-corrected chi connectivity index (χ2v) is 0. The van der Waals surface area contributed by atoms with Crippen LogP contribution in [0.15, 0.2) is 0 Å². The van der Waals surface area contributed by atoms with E-state index in [4.69, 9.17) is 0 Å². The summed E-state index contributed by atoms with van der Waals surface area (Å²) in [6.45, 7) is 0. The maximum absolute atomic E-state index is 0. The van der Waals surface area contributed by atoms with Gasteiger partial charge in [-0.1, -0.05) is 0 Å². The summed E-state index contributed by atoms with van der Waals surface area (Å²) in [4.78, 5) is 0. The fourth-order valence-corrected chi connectivity index (χ4v) is 0. The molecule has 0 heterocycles. The van der Waals surface area contributed by atoms with Crippen LogP contribution in [0.1, 0.15) is 0 Å². The Labute approximate surface area is 79.8 Å². The van der Waals surface area contributed by atoms with Crippen LogP contribution < -0.4 is 0 Å². The molecule has 0 aliphatic rings. The third kappa shape index (κ3) is 8.82. The summed E-state index contributed by atoms with van der Waals surface area (Å²) in [6, 6.07) is 0. The van der Waals surface area contributed by atoms with Crippen molar-refractivity contribution in [2.45, 2.75) is 0 Å². The van der Waals surface area contributed by atoms with Gasteiger partial charge in [0.2, 0.25) is 0 Å². The quantitative estimate of drug-likeness (QED) is 0.405. The minimum Gasteiger partial charge on any atom is 0 e. The molecule has 0 fully saturated rings. The molecule has 0 unspecified atom stereocenters. The van der Waals surface area contributed by atoms with Gasteiger partial charge in [-0.2, -0.15) is 0 Å². The molecule has 0 atom stereocenters. The molecule has 0 nitrogen and oxygen atoms in total. The molecule has 2 radical (unpaired) electrons. The van der Waals surface area contributed by atoms with Crippen molar-refractivity contribution in [2.24, 2.45) is 0 Å². The van der Waals surface area contributed by atoms with E-state index in [9.17, 15) is 0 Å². The van der Waals surface area contributed by atoms with Gasteiger partial charge >= 0.3 is 48.3 Å². The van der Waals surface area contributed by atoms with Crippen LogP contribution >= 0.6 is 0 Å². The Kier molecular flexibility index (Phi) is 137. The summed E-state index contributed by atoms with van der Waals surface area (Å²) in [5, 5.41) is 0. The van der Waals surface area contributed by atoms with Crippen LogP contribution in [0.5, 0.6) is 0 Å². The molecule has 0 aliphatic heterocycles. The van der Waals surface area contributed by atoms with Crippen LogP contribution in [0.25, 0.3) is 0 Å². The van der Waals surface area contributed by atoms with E-state index in [0.717, 1.165) is 0 Å². The number of rotatable bonds is 0. The fraction of sp³-hybridized carbons (Fsp3) is 0. The van der Waals surface area contributed by atoms with Gasteiger partial charge in [0, 0.05) is 21.7 Å². The average molecular weight is 325 g/mol. The first kappa shape index (κ1) is 31.0. The molecule has 4 heteroatoms.